The molecule has 1 fully saturated rings. The van der Waals surface area contributed by atoms with Crippen LogP contribution in [0.3, 0.4) is 0 Å². The highest BCUT2D eigenvalue weighted by molar-refractivity contribution is 4.94. The van der Waals surface area contributed by atoms with Gasteiger partial charge in [-0.3, -0.25) is 0 Å². The fourth-order valence-electron chi connectivity index (χ4n) is 2.02. The van der Waals surface area contributed by atoms with Crippen molar-refractivity contribution in [3.8, 4) is 0 Å². The van der Waals surface area contributed by atoms with Gasteiger partial charge in [-0.1, -0.05) is 27.2 Å². The van der Waals surface area contributed by atoms with Crippen molar-refractivity contribution in [1.29, 1.82) is 0 Å². The summed E-state index contributed by atoms with van der Waals surface area (Å²) in [5.74, 6) is 0. The van der Waals surface area contributed by atoms with Crippen molar-refractivity contribution in [2.24, 2.45) is 10.8 Å². The smallest absolute Gasteiger partial charge is 0.0623 e. The van der Waals surface area contributed by atoms with E-state index in [0.717, 1.165) is 25.7 Å². The van der Waals surface area contributed by atoms with Crippen molar-refractivity contribution in [2.75, 3.05) is 6.61 Å². The van der Waals surface area contributed by atoms with E-state index in [1.165, 1.54) is 0 Å². The highest BCUT2D eigenvalue weighted by Gasteiger charge is 2.43. The Morgan fingerprint density at radius 3 is 2.08 bits per heavy atom. The molecule has 2 nitrogen and oxygen atoms in total. The summed E-state index contributed by atoms with van der Waals surface area (Å²) >= 11 is 0. The van der Waals surface area contributed by atoms with Crippen molar-refractivity contribution in [3.63, 3.8) is 0 Å². The average Bonchev–Trinajstić information content (AvgIpc) is 1.80. The zero-order valence-electron chi connectivity index (χ0n) is 9.01. The zero-order chi connectivity index (χ0) is 10.1. The molecule has 0 bridgehead atoms. The van der Waals surface area contributed by atoms with Gasteiger partial charge in [-0.05, 0) is 24.7 Å². The topological polar surface area (TPSA) is 40.5 Å². The third kappa shape index (κ3) is 2.44. The Morgan fingerprint density at radius 2 is 1.85 bits per heavy atom. The Hall–Kier alpha value is -0.0800. The molecule has 0 heterocycles. The summed E-state index contributed by atoms with van der Waals surface area (Å²) in [4.78, 5) is 0. The molecule has 1 aliphatic carbocycles. The van der Waals surface area contributed by atoms with Crippen LogP contribution in [0.5, 0.6) is 0 Å². The highest BCUT2D eigenvalue weighted by Crippen LogP contribution is 2.46. The van der Waals surface area contributed by atoms with E-state index in [1.807, 2.05) is 0 Å². The van der Waals surface area contributed by atoms with Gasteiger partial charge in [0.25, 0.3) is 0 Å². The van der Waals surface area contributed by atoms with Gasteiger partial charge in [0, 0.05) is 5.41 Å². The standard InChI is InChI=1S/C11H22O2/c1-10(2,3)7-9(13)11(8-12)5-4-6-11/h9,12-13H,4-8H2,1-3H3/t9-/m0/s1. The molecule has 78 valence electrons. The molecule has 0 radical (unpaired) electrons. The summed E-state index contributed by atoms with van der Waals surface area (Å²) in [5, 5.41) is 19.2. The van der Waals surface area contributed by atoms with E-state index in [0.29, 0.717) is 0 Å². The van der Waals surface area contributed by atoms with Gasteiger partial charge in [-0.15, -0.1) is 0 Å². The van der Waals surface area contributed by atoms with Crippen LogP contribution in [-0.2, 0) is 0 Å². The minimum Gasteiger partial charge on any atom is -0.396 e. The van der Waals surface area contributed by atoms with E-state index in [-0.39, 0.29) is 23.5 Å². The lowest BCUT2D eigenvalue weighted by Crippen LogP contribution is -2.45. The van der Waals surface area contributed by atoms with Gasteiger partial charge < -0.3 is 10.2 Å². The van der Waals surface area contributed by atoms with Crippen LogP contribution in [0, 0.1) is 10.8 Å². The second kappa shape index (κ2) is 3.58. The predicted molar refractivity (Wildman–Crippen MR) is 53.4 cm³/mol. The zero-order valence-corrected chi connectivity index (χ0v) is 9.01. The summed E-state index contributed by atoms with van der Waals surface area (Å²) in [6.45, 7) is 6.52. The lowest BCUT2D eigenvalue weighted by molar-refractivity contribution is -0.0858. The van der Waals surface area contributed by atoms with Gasteiger partial charge in [-0.2, -0.15) is 0 Å². The van der Waals surface area contributed by atoms with Gasteiger partial charge in [0.2, 0.25) is 0 Å². The molecule has 1 saturated carbocycles. The Labute approximate surface area is 81.0 Å². The number of hydrogen-bond acceptors (Lipinski definition) is 2. The molecule has 1 atom stereocenters. The molecule has 2 heteroatoms. The second-order valence-electron chi connectivity index (χ2n) is 5.65. The van der Waals surface area contributed by atoms with Gasteiger partial charge in [0.1, 0.15) is 0 Å². The normalized spacial score (nSPS) is 23.8. The van der Waals surface area contributed by atoms with E-state index in [4.69, 9.17) is 0 Å². The number of aliphatic hydroxyl groups excluding tert-OH is 2. The van der Waals surface area contributed by atoms with Crippen LogP contribution in [0.4, 0.5) is 0 Å². The summed E-state index contributed by atoms with van der Waals surface area (Å²) in [7, 11) is 0. The van der Waals surface area contributed by atoms with Gasteiger partial charge in [-0.25, -0.2) is 0 Å². The first-order valence-electron chi connectivity index (χ1n) is 5.19. The van der Waals surface area contributed by atoms with Crippen LogP contribution in [0.1, 0.15) is 46.5 Å². The fourth-order valence-corrected chi connectivity index (χ4v) is 2.02. The van der Waals surface area contributed by atoms with E-state index >= 15 is 0 Å². The SMILES string of the molecule is CC(C)(C)C[C@H](O)C1(CO)CCC1. The third-order valence-corrected chi connectivity index (χ3v) is 3.18. The van der Waals surface area contributed by atoms with Crippen LogP contribution < -0.4 is 0 Å². The molecule has 0 aliphatic heterocycles. The van der Waals surface area contributed by atoms with Crippen molar-refractivity contribution in [3.05, 3.63) is 0 Å². The van der Waals surface area contributed by atoms with Crippen LogP contribution in [-0.4, -0.2) is 22.9 Å². The Kier molecular flexibility index (Phi) is 3.03. The van der Waals surface area contributed by atoms with E-state index in [9.17, 15) is 10.2 Å². The molecule has 2 N–H and O–H groups in total. The van der Waals surface area contributed by atoms with E-state index < -0.39 is 0 Å². The molecule has 0 saturated heterocycles. The quantitative estimate of drug-likeness (QED) is 0.707. The van der Waals surface area contributed by atoms with Crippen LogP contribution >= 0.6 is 0 Å². The third-order valence-electron chi connectivity index (χ3n) is 3.18. The predicted octanol–water partition coefficient (Wildman–Crippen LogP) is 1.95. The van der Waals surface area contributed by atoms with E-state index in [2.05, 4.69) is 20.8 Å². The largest absolute Gasteiger partial charge is 0.396 e. The molecule has 1 rings (SSSR count). The Balaban J connectivity index is 2.50. The lowest BCUT2D eigenvalue weighted by Gasteiger charge is -2.45. The maximum absolute atomic E-state index is 10.00. The van der Waals surface area contributed by atoms with Crippen molar-refractivity contribution < 1.29 is 10.2 Å². The van der Waals surface area contributed by atoms with Gasteiger partial charge >= 0.3 is 0 Å². The first-order chi connectivity index (χ1) is 5.90. The van der Waals surface area contributed by atoms with Crippen LogP contribution in [0.2, 0.25) is 0 Å². The molecule has 0 aromatic rings. The molecular formula is C11H22O2. The molecule has 0 unspecified atom stereocenters. The number of hydrogen-bond donors (Lipinski definition) is 2. The summed E-state index contributed by atoms with van der Waals surface area (Å²) in [6.07, 6.45) is 3.59. The van der Waals surface area contributed by atoms with E-state index in [1.54, 1.807) is 0 Å². The lowest BCUT2D eigenvalue weighted by atomic mass is 9.63. The number of aliphatic hydroxyl groups is 2. The molecular weight excluding hydrogens is 164 g/mol. The minimum atomic E-state index is -0.328. The van der Waals surface area contributed by atoms with Crippen molar-refractivity contribution in [1.82, 2.24) is 0 Å². The highest BCUT2D eigenvalue weighted by atomic mass is 16.3. The first kappa shape index (κ1) is 11.0. The second-order valence-corrected chi connectivity index (χ2v) is 5.65. The Morgan fingerprint density at radius 1 is 1.31 bits per heavy atom. The molecule has 13 heavy (non-hydrogen) atoms. The first-order valence-corrected chi connectivity index (χ1v) is 5.19. The van der Waals surface area contributed by atoms with Crippen molar-refractivity contribution >= 4 is 0 Å². The van der Waals surface area contributed by atoms with Crippen molar-refractivity contribution in [2.45, 2.75) is 52.6 Å². The summed E-state index contributed by atoms with van der Waals surface area (Å²) in [5.41, 5.74) is -0.00947. The molecule has 1 aliphatic rings. The Bertz CT molecular complexity index is 160. The maximum Gasteiger partial charge on any atom is 0.0623 e. The average molecular weight is 186 g/mol. The van der Waals surface area contributed by atoms with Gasteiger partial charge in [0.15, 0.2) is 0 Å². The molecule has 0 aromatic carbocycles. The molecule has 0 spiro atoms. The molecule has 0 amide bonds. The fraction of sp³-hybridized carbons (Fsp3) is 1.00. The monoisotopic (exact) mass is 186 g/mol. The minimum absolute atomic E-state index is 0.143. The van der Waals surface area contributed by atoms with Crippen LogP contribution in [0.15, 0.2) is 0 Å². The van der Waals surface area contributed by atoms with Gasteiger partial charge in [0.05, 0.1) is 12.7 Å². The summed E-state index contributed by atoms with van der Waals surface area (Å²) in [6, 6.07) is 0. The molecule has 0 aromatic heterocycles. The summed E-state index contributed by atoms with van der Waals surface area (Å²) < 4.78 is 0. The maximum atomic E-state index is 10.00. The number of rotatable bonds is 3. The van der Waals surface area contributed by atoms with Crippen LogP contribution in [0.25, 0.3) is 0 Å².